The molecule has 82 valence electrons. The molecule has 0 aliphatic rings. The summed E-state index contributed by atoms with van der Waals surface area (Å²) in [4.78, 5) is 11.4. The van der Waals surface area contributed by atoms with E-state index in [1.165, 1.54) is 0 Å². The normalized spacial score (nSPS) is 10.4. The molecule has 0 aliphatic carbocycles. The molecule has 0 saturated carbocycles. The van der Waals surface area contributed by atoms with Crippen molar-refractivity contribution in [1.82, 2.24) is 9.78 Å². The van der Waals surface area contributed by atoms with E-state index >= 15 is 0 Å². The third-order valence-electron chi connectivity index (χ3n) is 2.54. The second kappa shape index (κ2) is 4.31. The molecule has 3 heteroatoms. The molecule has 0 fully saturated rings. The lowest BCUT2D eigenvalue weighted by molar-refractivity contribution is 0.0988. The standard InChI is InChI=1S/C13H14N2O/c1-3-13(16)11-6-4-10(5-7-11)12-8-9-15(2)14-12/h4-9H,3H2,1-2H3. The van der Waals surface area contributed by atoms with E-state index in [2.05, 4.69) is 5.10 Å². The van der Waals surface area contributed by atoms with Gasteiger partial charge in [-0.15, -0.1) is 0 Å². The Labute approximate surface area is 94.7 Å². The summed E-state index contributed by atoms with van der Waals surface area (Å²) in [6, 6.07) is 9.54. The van der Waals surface area contributed by atoms with Crippen LogP contribution in [0.4, 0.5) is 0 Å². The maximum Gasteiger partial charge on any atom is 0.162 e. The number of ketones is 1. The highest BCUT2D eigenvalue weighted by molar-refractivity contribution is 5.96. The van der Waals surface area contributed by atoms with E-state index in [0.29, 0.717) is 6.42 Å². The SMILES string of the molecule is CCC(=O)c1ccc(-c2ccn(C)n2)cc1. The van der Waals surface area contributed by atoms with Crippen LogP contribution in [-0.4, -0.2) is 15.6 Å². The summed E-state index contributed by atoms with van der Waals surface area (Å²) in [6.45, 7) is 1.87. The average Bonchev–Trinajstić information content (AvgIpc) is 2.75. The van der Waals surface area contributed by atoms with Gasteiger partial charge in [0, 0.05) is 30.8 Å². The quantitative estimate of drug-likeness (QED) is 0.736. The fourth-order valence-electron chi connectivity index (χ4n) is 1.60. The number of hydrogen-bond donors (Lipinski definition) is 0. The number of nitrogens with zero attached hydrogens (tertiary/aromatic N) is 2. The molecule has 2 rings (SSSR count). The van der Waals surface area contributed by atoms with Crippen molar-refractivity contribution in [2.75, 3.05) is 0 Å². The zero-order chi connectivity index (χ0) is 11.5. The highest BCUT2D eigenvalue weighted by Crippen LogP contribution is 2.17. The Morgan fingerprint density at radius 1 is 1.25 bits per heavy atom. The van der Waals surface area contributed by atoms with E-state index in [9.17, 15) is 4.79 Å². The summed E-state index contributed by atoms with van der Waals surface area (Å²) in [6.07, 6.45) is 2.45. The molecule has 0 saturated heterocycles. The van der Waals surface area contributed by atoms with Gasteiger partial charge in [-0.2, -0.15) is 5.10 Å². The van der Waals surface area contributed by atoms with Crippen LogP contribution in [0.25, 0.3) is 11.3 Å². The minimum absolute atomic E-state index is 0.174. The Morgan fingerprint density at radius 2 is 1.94 bits per heavy atom. The predicted molar refractivity (Wildman–Crippen MR) is 63.3 cm³/mol. The molecule has 0 bridgehead atoms. The van der Waals surface area contributed by atoms with Crippen molar-refractivity contribution in [2.45, 2.75) is 13.3 Å². The van der Waals surface area contributed by atoms with Crippen LogP contribution in [0.5, 0.6) is 0 Å². The first-order valence-corrected chi connectivity index (χ1v) is 5.34. The first-order valence-electron chi connectivity index (χ1n) is 5.34. The van der Waals surface area contributed by atoms with Crippen LogP contribution in [0.15, 0.2) is 36.5 Å². The third-order valence-corrected chi connectivity index (χ3v) is 2.54. The number of Topliss-reactive ketones (excluding diaryl/α,β-unsaturated/α-hetero) is 1. The van der Waals surface area contributed by atoms with Gasteiger partial charge in [-0.1, -0.05) is 31.2 Å². The van der Waals surface area contributed by atoms with E-state index in [1.54, 1.807) is 4.68 Å². The molecule has 0 radical (unpaired) electrons. The van der Waals surface area contributed by atoms with Crippen molar-refractivity contribution in [3.05, 3.63) is 42.1 Å². The lowest BCUT2D eigenvalue weighted by Crippen LogP contribution is -1.95. The van der Waals surface area contributed by atoms with Gasteiger partial charge in [0.05, 0.1) is 5.69 Å². The van der Waals surface area contributed by atoms with Gasteiger partial charge in [0.25, 0.3) is 0 Å². The number of carbonyl (C=O) groups is 1. The van der Waals surface area contributed by atoms with Crippen LogP contribution in [0.3, 0.4) is 0 Å². The second-order valence-corrected chi connectivity index (χ2v) is 3.73. The van der Waals surface area contributed by atoms with Crippen molar-refractivity contribution < 1.29 is 4.79 Å². The Kier molecular flexibility index (Phi) is 2.86. The summed E-state index contributed by atoms with van der Waals surface area (Å²) in [7, 11) is 1.89. The molecule has 0 aliphatic heterocycles. The Hall–Kier alpha value is -1.90. The molecule has 1 heterocycles. The van der Waals surface area contributed by atoms with Gasteiger partial charge in [-0.05, 0) is 6.07 Å². The van der Waals surface area contributed by atoms with E-state index in [1.807, 2.05) is 50.5 Å². The number of benzene rings is 1. The number of aromatic nitrogens is 2. The molecule has 0 N–H and O–H groups in total. The summed E-state index contributed by atoms with van der Waals surface area (Å²) < 4.78 is 1.76. The van der Waals surface area contributed by atoms with E-state index < -0.39 is 0 Å². The fourth-order valence-corrected chi connectivity index (χ4v) is 1.60. The lowest BCUT2D eigenvalue weighted by Gasteiger charge is -2.00. The van der Waals surface area contributed by atoms with E-state index in [0.717, 1.165) is 16.8 Å². The largest absolute Gasteiger partial charge is 0.294 e. The fraction of sp³-hybridized carbons (Fsp3) is 0.231. The van der Waals surface area contributed by atoms with Gasteiger partial charge in [-0.3, -0.25) is 9.48 Å². The summed E-state index contributed by atoms with van der Waals surface area (Å²) in [5, 5.41) is 4.31. The van der Waals surface area contributed by atoms with Crippen molar-refractivity contribution >= 4 is 5.78 Å². The van der Waals surface area contributed by atoms with E-state index in [-0.39, 0.29) is 5.78 Å². The molecule has 1 aromatic heterocycles. The number of carbonyl (C=O) groups excluding carboxylic acids is 1. The number of aryl methyl sites for hydroxylation is 1. The first kappa shape index (κ1) is 10.6. The Balaban J connectivity index is 2.29. The lowest BCUT2D eigenvalue weighted by atomic mass is 10.1. The molecule has 0 atom stereocenters. The van der Waals surface area contributed by atoms with Gasteiger partial charge in [-0.25, -0.2) is 0 Å². The van der Waals surface area contributed by atoms with Crippen LogP contribution in [-0.2, 0) is 7.05 Å². The molecule has 1 aromatic carbocycles. The molecular weight excluding hydrogens is 200 g/mol. The molecule has 0 unspecified atom stereocenters. The van der Waals surface area contributed by atoms with Gasteiger partial charge >= 0.3 is 0 Å². The van der Waals surface area contributed by atoms with Crippen molar-refractivity contribution in [1.29, 1.82) is 0 Å². The molecule has 0 amide bonds. The summed E-state index contributed by atoms with van der Waals surface area (Å²) in [5.74, 6) is 0.174. The topological polar surface area (TPSA) is 34.9 Å². The molecule has 16 heavy (non-hydrogen) atoms. The van der Waals surface area contributed by atoms with Crippen molar-refractivity contribution in [2.24, 2.45) is 7.05 Å². The maximum absolute atomic E-state index is 11.4. The van der Waals surface area contributed by atoms with Crippen molar-refractivity contribution in [3.63, 3.8) is 0 Å². The van der Waals surface area contributed by atoms with Crippen LogP contribution in [0, 0.1) is 0 Å². The van der Waals surface area contributed by atoms with Crippen LogP contribution in [0.2, 0.25) is 0 Å². The summed E-state index contributed by atoms with van der Waals surface area (Å²) >= 11 is 0. The van der Waals surface area contributed by atoms with Gasteiger partial charge in [0.1, 0.15) is 0 Å². The van der Waals surface area contributed by atoms with Crippen LogP contribution < -0.4 is 0 Å². The zero-order valence-electron chi connectivity index (χ0n) is 9.47. The highest BCUT2D eigenvalue weighted by atomic mass is 16.1. The zero-order valence-corrected chi connectivity index (χ0v) is 9.47. The van der Waals surface area contributed by atoms with Gasteiger partial charge < -0.3 is 0 Å². The molecule has 0 spiro atoms. The predicted octanol–water partition coefficient (Wildman–Crippen LogP) is 2.68. The molecule has 3 nitrogen and oxygen atoms in total. The highest BCUT2D eigenvalue weighted by Gasteiger charge is 2.04. The smallest absolute Gasteiger partial charge is 0.162 e. The third kappa shape index (κ3) is 2.03. The van der Waals surface area contributed by atoms with E-state index in [4.69, 9.17) is 0 Å². The monoisotopic (exact) mass is 214 g/mol. The molecular formula is C13H14N2O. The number of hydrogen-bond acceptors (Lipinski definition) is 2. The Morgan fingerprint density at radius 3 is 2.44 bits per heavy atom. The minimum Gasteiger partial charge on any atom is -0.294 e. The number of rotatable bonds is 3. The maximum atomic E-state index is 11.4. The summed E-state index contributed by atoms with van der Waals surface area (Å²) in [5.41, 5.74) is 2.73. The minimum atomic E-state index is 0.174. The second-order valence-electron chi connectivity index (χ2n) is 3.73. The van der Waals surface area contributed by atoms with Gasteiger partial charge in [0.2, 0.25) is 0 Å². The first-order chi connectivity index (χ1) is 7.70. The Bertz CT molecular complexity index is 497. The average molecular weight is 214 g/mol. The van der Waals surface area contributed by atoms with Crippen LogP contribution >= 0.6 is 0 Å². The van der Waals surface area contributed by atoms with Crippen LogP contribution in [0.1, 0.15) is 23.7 Å². The van der Waals surface area contributed by atoms with Crippen molar-refractivity contribution in [3.8, 4) is 11.3 Å². The molecule has 2 aromatic rings. The van der Waals surface area contributed by atoms with Gasteiger partial charge in [0.15, 0.2) is 5.78 Å².